The fourth-order valence-electron chi connectivity index (χ4n) is 1.91. The Morgan fingerprint density at radius 3 is 2.71 bits per heavy atom. The van der Waals surface area contributed by atoms with Gasteiger partial charge in [-0.05, 0) is 19.3 Å². The molecule has 78 valence electrons. The van der Waals surface area contributed by atoms with Gasteiger partial charge in [0.05, 0.1) is 12.5 Å². The standard InChI is InChI=1S/C11H18N2O/c1-2-10(7-8-12)13-11(14)9-5-3-4-6-9/h9-10H,2-7H2,1H3,(H,13,14). The predicted octanol–water partition coefficient (Wildman–Crippen LogP) is 1.99. The van der Waals surface area contributed by atoms with Gasteiger partial charge in [0.25, 0.3) is 0 Å². The maximum absolute atomic E-state index is 11.7. The van der Waals surface area contributed by atoms with Crippen LogP contribution in [0.4, 0.5) is 0 Å². The first-order valence-electron chi connectivity index (χ1n) is 5.45. The van der Waals surface area contributed by atoms with E-state index in [2.05, 4.69) is 11.4 Å². The lowest BCUT2D eigenvalue weighted by atomic mass is 10.1. The Morgan fingerprint density at radius 2 is 2.21 bits per heavy atom. The van der Waals surface area contributed by atoms with Crippen LogP contribution in [0.2, 0.25) is 0 Å². The van der Waals surface area contributed by atoms with Crippen LogP contribution in [0.1, 0.15) is 45.4 Å². The van der Waals surface area contributed by atoms with Crippen molar-refractivity contribution in [3.8, 4) is 6.07 Å². The molecule has 0 bridgehead atoms. The van der Waals surface area contributed by atoms with E-state index in [0.717, 1.165) is 19.3 Å². The summed E-state index contributed by atoms with van der Waals surface area (Å²) in [7, 11) is 0. The molecule has 0 saturated heterocycles. The molecular formula is C11H18N2O. The highest BCUT2D eigenvalue weighted by atomic mass is 16.1. The Bertz CT molecular complexity index is 226. The van der Waals surface area contributed by atoms with Gasteiger partial charge in [-0.25, -0.2) is 0 Å². The fourth-order valence-corrected chi connectivity index (χ4v) is 1.91. The third-order valence-electron chi connectivity index (χ3n) is 2.90. The maximum Gasteiger partial charge on any atom is 0.223 e. The molecule has 1 unspecified atom stereocenters. The fraction of sp³-hybridized carbons (Fsp3) is 0.818. The molecule has 0 aliphatic heterocycles. The highest BCUT2D eigenvalue weighted by molar-refractivity contribution is 5.79. The highest BCUT2D eigenvalue weighted by Crippen LogP contribution is 2.24. The largest absolute Gasteiger partial charge is 0.352 e. The van der Waals surface area contributed by atoms with Crippen molar-refractivity contribution in [2.45, 2.75) is 51.5 Å². The number of nitrogens with zero attached hydrogens (tertiary/aromatic N) is 1. The number of hydrogen-bond donors (Lipinski definition) is 1. The molecule has 14 heavy (non-hydrogen) atoms. The van der Waals surface area contributed by atoms with Crippen LogP contribution in [0.3, 0.4) is 0 Å². The number of nitriles is 1. The first kappa shape index (κ1) is 11.0. The number of amides is 1. The van der Waals surface area contributed by atoms with Crippen LogP contribution in [0, 0.1) is 17.2 Å². The van der Waals surface area contributed by atoms with Crippen LogP contribution >= 0.6 is 0 Å². The number of nitrogens with one attached hydrogen (secondary N) is 1. The van der Waals surface area contributed by atoms with Crippen LogP contribution < -0.4 is 5.32 Å². The van der Waals surface area contributed by atoms with Crippen molar-refractivity contribution in [1.29, 1.82) is 5.26 Å². The van der Waals surface area contributed by atoms with E-state index in [0.29, 0.717) is 6.42 Å². The highest BCUT2D eigenvalue weighted by Gasteiger charge is 2.23. The predicted molar refractivity (Wildman–Crippen MR) is 54.4 cm³/mol. The Hall–Kier alpha value is -1.04. The van der Waals surface area contributed by atoms with Crippen molar-refractivity contribution in [1.82, 2.24) is 5.32 Å². The number of rotatable bonds is 4. The zero-order valence-electron chi connectivity index (χ0n) is 8.75. The zero-order chi connectivity index (χ0) is 10.4. The van der Waals surface area contributed by atoms with E-state index in [4.69, 9.17) is 5.26 Å². The summed E-state index contributed by atoms with van der Waals surface area (Å²) in [4.78, 5) is 11.7. The molecule has 1 fully saturated rings. The Balaban J connectivity index is 2.34. The van der Waals surface area contributed by atoms with Crippen LogP contribution in [-0.4, -0.2) is 11.9 Å². The second-order valence-corrected chi connectivity index (χ2v) is 3.96. The SMILES string of the molecule is CCC(CC#N)NC(=O)C1CCCC1. The van der Waals surface area contributed by atoms with Crippen molar-refractivity contribution in [2.75, 3.05) is 0 Å². The summed E-state index contributed by atoms with van der Waals surface area (Å²) in [6.45, 7) is 2.00. The Morgan fingerprint density at radius 1 is 1.57 bits per heavy atom. The van der Waals surface area contributed by atoms with Gasteiger partial charge >= 0.3 is 0 Å². The average molecular weight is 194 g/mol. The number of carbonyl (C=O) groups is 1. The van der Waals surface area contributed by atoms with E-state index >= 15 is 0 Å². The van der Waals surface area contributed by atoms with Crippen molar-refractivity contribution >= 4 is 5.91 Å². The van der Waals surface area contributed by atoms with Gasteiger partial charge in [-0.15, -0.1) is 0 Å². The molecule has 0 heterocycles. The van der Waals surface area contributed by atoms with Gasteiger partial charge in [-0.2, -0.15) is 5.26 Å². The second-order valence-electron chi connectivity index (χ2n) is 3.96. The van der Waals surface area contributed by atoms with Crippen molar-refractivity contribution in [3.05, 3.63) is 0 Å². The van der Waals surface area contributed by atoms with E-state index < -0.39 is 0 Å². The molecular weight excluding hydrogens is 176 g/mol. The van der Waals surface area contributed by atoms with E-state index in [1.807, 2.05) is 6.92 Å². The van der Waals surface area contributed by atoms with Gasteiger partial charge in [0.2, 0.25) is 5.91 Å². The molecule has 3 nitrogen and oxygen atoms in total. The normalized spacial score (nSPS) is 18.9. The lowest BCUT2D eigenvalue weighted by Gasteiger charge is -2.16. The molecule has 1 saturated carbocycles. The lowest BCUT2D eigenvalue weighted by molar-refractivity contribution is -0.125. The van der Waals surface area contributed by atoms with Crippen LogP contribution in [0.15, 0.2) is 0 Å². The van der Waals surface area contributed by atoms with Crippen molar-refractivity contribution in [3.63, 3.8) is 0 Å². The molecule has 1 amide bonds. The van der Waals surface area contributed by atoms with E-state index in [9.17, 15) is 4.79 Å². The Kier molecular flexibility index (Phi) is 4.45. The Labute approximate surface area is 85.5 Å². The van der Waals surface area contributed by atoms with Gasteiger partial charge in [0.1, 0.15) is 0 Å². The van der Waals surface area contributed by atoms with Crippen molar-refractivity contribution in [2.24, 2.45) is 5.92 Å². The molecule has 0 spiro atoms. The van der Waals surface area contributed by atoms with Gasteiger partial charge < -0.3 is 5.32 Å². The summed E-state index contributed by atoms with van der Waals surface area (Å²) < 4.78 is 0. The number of carbonyl (C=O) groups excluding carboxylic acids is 1. The lowest BCUT2D eigenvalue weighted by Crippen LogP contribution is -2.37. The summed E-state index contributed by atoms with van der Waals surface area (Å²) in [6, 6.07) is 2.15. The second kappa shape index (κ2) is 5.64. The molecule has 1 atom stereocenters. The number of hydrogen-bond acceptors (Lipinski definition) is 2. The minimum atomic E-state index is 0.0492. The third kappa shape index (κ3) is 3.02. The average Bonchev–Trinajstić information content (AvgIpc) is 2.69. The monoisotopic (exact) mass is 194 g/mol. The van der Waals surface area contributed by atoms with Gasteiger partial charge in [0.15, 0.2) is 0 Å². The van der Waals surface area contributed by atoms with Gasteiger partial charge in [-0.3, -0.25) is 4.79 Å². The minimum absolute atomic E-state index is 0.0492. The first-order chi connectivity index (χ1) is 6.77. The molecule has 3 heteroatoms. The minimum Gasteiger partial charge on any atom is -0.352 e. The third-order valence-corrected chi connectivity index (χ3v) is 2.90. The first-order valence-corrected chi connectivity index (χ1v) is 5.45. The quantitative estimate of drug-likeness (QED) is 0.744. The molecule has 0 aromatic carbocycles. The van der Waals surface area contributed by atoms with E-state index in [-0.39, 0.29) is 17.9 Å². The molecule has 0 radical (unpaired) electrons. The molecule has 0 aromatic heterocycles. The van der Waals surface area contributed by atoms with Crippen LogP contribution in [0.5, 0.6) is 0 Å². The summed E-state index contributed by atoms with van der Waals surface area (Å²) in [6.07, 6.45) is 5.66. The summed E-state index contributed by atoms with van der Waals surface area (Å²) >= 11 is 0. The topological polar surface area (TPSA) is 52.9 Å². The van der Waals surface area contributed by atoms with Crippen LogP contribution in [0.25, 0.3) is 0 Å². The van der Waals surface area contributed by atoms with Gasteiger partial charge in [-0.1, -0.05) is 19.8 Å². The summed E-state index contributed by atoms with van der Waals surface area (Å²) in [5.74, 6) is 0.368. The molecule has 1 aliphatic carbocycles. The summed E-state index contributed by atoms with van der Waals surface area (Å²) in [5, 5.41) is 11.5. The van der Waals surface area contributed by atoms with E-state index in [1.54, 1.807) is 0 Å². The van der Waals surface area contributed by atoms with Gasteiger partial charge in [0, 0.05) is 12.0 Å². The maximum atomic E-state index is 11.7. The molecule has 1 aliphatic rings. The smallest absolute Gasteiger partial charge is 0.223 e. The molecule has 1 rings (SSSR count). The van der Waals surface area contributed by atoms with Crippen molar-refractivity contribution < 1.29 is 4.79 Å². The summed E-state index contributed by atoms with van der Waals surface area (Å²) in [5.41, 5.74) is 0. The van der Waals surface area contributed by atoms with E-state index in [1.165, 1.54) is 12.8 Å². The molecule has 0 aromatic rings. The zero-order valence-corrected chi connectivity index (χ0v) is 8.75. The molecule has 1 N–H and O–H groups in total. The van der Waals surface area contributed by atoms with Crippen LogP contribution in [-0.2, 0) is 4.79 Å².